The highest BCUT2D eigenvalue weighted by Crippen LogP contribution is 2.23. The summed E-state index contributed by atoms with van der Waals surface area (Å²) in [7, 11) is 0. The lowest BCUT2D eigenvalue weighted by molar-refractivity contribution is 0.236. The number of urea groups is 1. The Morgan fingerprint density at radius 2 is 2.10 bits per heavy atom. The molecule has 0 bridgehead atoms. The lowest BCUT2D eigenvalue weighted by Crippen LogP contribution is -2.39. The smallest absolute Gasteiger partial charge is 0.314 e. The van der Waals surface area contributed by atoms with Gasteiger partial charge in [-0.05, 0) is 43.0 Å². The molecular formula is C15H22FN3O2. The van der Waals surface area contributed by atoms with Crippen LogP contribution in [-0.4, -0.2) is 43.9 Å². The molecule has 0 radical (unpaired) electrons. The number of anilines is 1. The second-order valence-electron chi connectivity index (χ2n) is 5.29. The molecule has 116 valence electrons. The van der Waals surface area contributed by atoms with Crippen LogP contribution in [0.5, 0.6) is 0 Å². The van der Waals surface area contributed by atoms with E-state index >= 15 is 0 Å². The van der Waals surface area contributed by atoms with Gasteiger partial charge in [0.2, 0.25) is 0 Å². The summed E-state index contributed by atoms with van der Waals surface area (Å²) < 4.78 is 12.9. The van der Waals surface area contributed by atoms with Crippen LogP contribution in [0.3, 0.4) is 0 Å². The number of nitrogens with one attached hydrogen (secondary N) is 2. The minimum Gasteiger partial charge on any atom is -0.396 e. The van der Waals surface area contributed by atoms with Crippen molar-refractivity contribution < 1.29 is 14.3 Å². The Kier molecular flexibility index (Phi) is 5.80. The van der Waals surface area contributed by atoms with Crippen LogP contribution in [0.1, 0.15) is 12.8 Å². The van der Waals surface area contributed by atoms with E-state index in [9.17, 15) is 9.18 Å². The molecule has 1 saturated heterocycles. The first-order valence-electron chi connectivity index (χ1n) is 7.32. The van der Waals surface area contributed by atoms with Gasteiger partial charge < -0.3 is 20.6 Å². The lowest BCUT2D eigenvalue weighted by atomic mass is 10.1. The number of aliphatic hydroxyl groups is 1. The predicted octanol–water partition coefficient (Wildman–Crippen LogP) is 1.33. The lowest BCUT2D eigenvalue weighted by Gasteiger charge is -2.19. The van der Waals surface area contributed by atoms with Crippen LogP contribution in [0.2, 0.25) is 0 Å². The molecule has 0 saturated carbocycles. The van der Waals surface area contributed by atoms with Crippen LogP contribution in [0, 0.1) is 11.7 Å². The summed E-state index contributed by atoms with van der Waals surface area (Å²) in [4.78, 5) is 13.7. The first-order valence-corrected chi connectivity index (χ1v) is 7.32. The fourth-order valence-corrected chi connectivity index (χ4v) is 2.47. The van der Waals surface area contributed by atoms with Gasteiger partial charge >= 0.3 is 6.03 Å². The van der Waals surface area contributed by atoms with Gasteiger partial charge in [0.25, 0.3) is 0 Å². The number of rotatable bonds is 6. The first kappa shape index (κ1) is 15.6. The Balaban J connectivity index is 1.70. The number of halogens is 1. The van der Waals surface area contributed by atoms with Crippen molar-refractivity contribution in [2.45, 2.75) is 12.8 Å². The van der Waals surface area contributed by atoms with Gasteiger partial charge in [0.15, 0.2) is 0 Å². The van der Waals surface area contributed by atoms with Crippen LogP contribution >= 0.6 is 0 Å². The van der Waals surface area contributed by atoms with Crippen molar-refractivity contribution in [3.8, 4) is 0 Å². The second kappa shape index (κ2) is 7.83. The number of aliphatic hydroxyl groups excluding tert-OH is 1. The van der Waals surface area contributed by atoms with Gasteiger partial charge in [-0.15, -0.1) is 0 Å². The number of benzene rings is 1. The van der Waals surface area contributed by atoms with E-state index in [2.05, 4.69) is 15.5 Å². The molecule has 1 aliphatic rings. The number of nitrogens with zero attached hydrogens (tertiary/aromatic N) is 1. The molecule has 0 aromatic heterocycles. The van der Waals surface area contributed by atoms with Crippen molar-refractivity contribution in [2.24, 2.45) is 5.92 Å². The summed E-state index contributed by atoms with van der Waals surface area (Å²) in [5.74, 6) is 0.175. The Morgan fingerprint density at radius 1 is 1.33 bits per heavy atom. The number of carbonyl (C=O) groups is 1. The molecule has 1 atom stereocenters. The highest BCUT2D eigenvalue weighted by Gasteiger charge is 2.22. The maximum Gasteiger partial charge on any atom is 0.314 e. The molecule has 1 unspecified atom stereocenters. The quantitative estimate of drug-likeness (QED) is 0.694. The number of hydrogen-bond donors (Lipinski definition) is 3. The Bertz CT molecular complexity index is 453. The zero-order chi connectivity index (χ0) is 15.1. The van der Waals surface area contributed by atoms with Crippen LogP contribution < -0.4 is 15.5 Å². The first-order chi connectivity index (χ1) is 10.2. The van der Waals surface area contributed by atoms with Crippen molar-refractivity contribution in [3.05, 3.63) is 30.1 Å². The topological polar surface area (TPSA) is 64.6 Å². The van der Waals surface area contributed by atoms with Gasteiger partial charge in [0.1, 0.15) is 5.82 Å². The van der Waals surface area contributed by atoms with Crippen LogP contribution in [0.15, 0.2) is 24.3 Å². The van der Waals surface area contributed by atoms with E-state index < -0.39 is 0 Å². The zero-order valence-electron chi connectivity index (χ0n) is 12.0. The van der Waals surface area contributed by atoms with E-state index in [0.717, 1.165) is 25.2 Å². The molecule has 21 heavy (non-hydrogen) atoms. The predicted molar refractivity (Wildman–Crippen MR) is 79.8 cm³/mol. The van der Waals surface area contributed by atoms with Crippen molar-refractivity contribution in [3.63, 3.8) is 0 Å². The Labute approximate surface area is 124 Å². The molecule has 3 N–H and O–H groups in total. The van der Waals surface area contributed by atoms with E-state index in [4.69, 9.17) is 5.11 Å². The molecule has 2 amide bonds. The third kappa shape index (κ3) is 4.90. The number of amides is 2. The zero-order valence-corrected chi connectivity index (χ0v) is 12.0. The monoisotopic (exact) mass is 295 g/mol. The fraction of sp³-hybridized carbons (Fsp3) is 0.533. The summed E-state index contributed by atoms with van der Waals surface area (Å²) in [6, 6.07) is 6.31. The minimum absolute atomic E-state index is 0.0789. The molecule has 1 aromatic carbocycles. The molecule has 5 nitrogen and oxygen atoms in total. The molecule has 6 heteroatoms. The standard InChI is InChI=1S/C15H22FN3O2/c16-13-2-4-14(5-3-13)19-8-6-12(11-19)10-18-15(21)17-7-1-9-20/h2-5,12,20H,1,6-11H2,(H2,17,18,21). The summed E-state index contributed by atoms with van der Waals surface area (Å²) in [6.07, 6.45) is 1.57. The van der Waals surface area contributed by atoms with Gasteiger partial charge in [0.05, 0.1) is 0 Å². The summed E-state index contributed by atoms with van der Waals surface area (Å²) >= 11 is 0. The summed E-state index contributed by atoms with van der Waals surface area (Å²) in [5, 5.41) is 14.2. The average Bonchev–Trinajstić information content (AvgIpc) is 2.95. The summed E-state index contributed by atoms with van der Waals surface area (Å²) in [5.41, 5.74) is 1.02. The van der Waals surface area contributed by atoms with Gasteiger partial charge in [-0.3, -0.25) is 0 Å². The highest BCUT2D eigenvalue weighted by atomic mass is 19.1. The van der Waals surface area contributed by atoms with Crippen molar-refractivity contribution >= 4 is 11.7 Å². The number of carbonyl (C=O) groups excluding carboxylic acids is 1. The fourth-order valence-electron chi connectivity index (χ4n) is 2.47. The van der Waals surface area contributed by atoms with E-state index in [0.29, 0.717) is 25.4 Å². The van der Waals surface area contributed by atoms with Crippen molar-refractivity contribution in [1.82, 2.24) is 10.6 Å². The van der Waals surface area contributed by atoms with Crippen LogP contribution in [-0.2, 0) is 0 Å². The van der Waals surface area contributed by atoms with Gasteiger partial charge in [-0.25, -0.2) is 9.18 Å². The van der Waals surface area contributed by atoms with Crippen LogP contribution in [0.25, 0.3) is 0 Å². The van der Waals surface area contributed by atoms with Crippen molar-refractivity contribution in [1.29, 1.82) is 0 Å². The third-order valence-corrected chi connectivity index (χ3v) is 3.65. The molecule has 1 aromatic rings. The molecular weight excluding hydrogens is 273 g/mol. The minimum atomic E-state index is -0.226. The molecule has 1 fully saturated rings. The maximum absolute atomic E-state index is 12.9. The van der Waals surface area contributed by atoms with E-state index in [1.54, 1.807) is 12.1 Å². The van der Waals surface area contributed by atoms with Crippen molar-refractivity contribution in [2.75, 3.05) is 37.7 Å². The third-order valence-electron chi connectivity index (χ3n) is 3.65. The molecule has 1 aliphatic heterocycles. The molecule has 2 rings (SSSR count). The summed E-state index contributed by atoms with van der Waals surface area (Å²) in [6.45, 7) is 2.97. The van der Waals surface area contributed by atoms with Gasteiger partial charge in [-0.2, -0.15) is 0 Å². The number of hydrogen-bond acceptors (Lipinski definition) is 3. The highest BCUT2D eigenvalue weighted by molar-refractivity contribution is 5.73. The Hall–Kier alpha value is -1.82. The molecule has 0 spiro atoms. The largest absolute Gasteiger partial charge is 0.396 e. The van der Waals surface area contributed by atoms with E-state index in [-0.39, 0.29) is 18.5 Å². The average molecular weight is 295 g/mol. The Morgan fingerprint density at radius 3 is 2.81 bits per heavy atom. The SMILES string of the molecule is O=C(NCCCO)NCC1CCN(c2ccc(F)cc2)C1. The molecule has 1 heterocycles. The second-order valence-corrected chi connectivity index (χ2v) is 5.29. The van der Waals surface area contributed by atoms with E-state index in [1.165, 1.54) is 12.1 Å². The molecule has 0 aliphatic carbocycles. The van der Waals surface area contributed by atoms with Crippen LogP contribution in [0.4, 0.5) is 14.9 Å². The van der Waals surface area contributed by atoms with E-state index in [1.807, 2.05) is 0 Å². The van der Waals surface area contributed by atoms with Gasteiger partial charge in [-0.1, -0.05) is 0 Å². The normalized spacial score (nSPS) is 17.8. The van der Waals surface area contributed by atoms with Gasteiger partial charge in [0, 0.05) is 38.5 Å². The maximum atomic E-state index is 12.9.